The number of aliphatic hydroxyl groups is 2. The highest BCUT2D eigenvalue weighted by molar-refractivity contribution is 7.91. The van der Waals surface area contributed by atoms with Crippen LogP contribution < -0.4 is 0 Å². The molecule has 0 bridgehead atoms. The second kappa shape index (κ2) is 4.55. The second-order valence-corrected chi connectivity index (χ2v) is 6.74. The number of rotatable bonds is 3. The largest absolute Gasteiger partial charge is 0.476 e. The molecule has 1 fully saturated rings. The summed E-state index contributed by atoms with van der Waals surface area (Å²) in [6, 6.07) is 0. The fourth-order valence-electron chi connectivity index (χ4n) is 1.61. The number of carboxylic acid groups (broad SMARTS) is 1. The maximum Gasteiger partial charge on any atom is 0.356 e. The van der Waals surface area contributed by atoms with Crippen molar-refractivity contribution in [2.45, 2.75) is 16.4 Å². The lowest BCUT2D eigenvalue weighted by Gasteiger charge is -2.14. The Morgan fingerprint density at radius 1 is 1.39 bits per heavy atom. The molecule has 1 aliphatic heterocycles. The zero-order valence-corrected chi connectivity index (χ0v) is 10.6. The number of aromatic carboxylic acids is 1. The predicted molar refractivity (Wildman–Crippen MR) is 59.8 cm³/mol. The SMILES string of the molecule is O=C(O)c1ncsc1S(=O)(=O)N1C[C@@H](O)[C@@H](O)C1. The minimum Gasteiger partial charge on any atom is -0.476 e. The quantitative estimate of drug-likeness (QED) is 0.623. The van der Waals surface area contributed by atoms with Crippen molar-refractivity contribution in [3.8, 4) is 0 Å². The van der Waals surface area contributed by atoms with Gasteiger partial charge in [0.2, 0.25) is 0 Å². The van der Waals surface area contributed by atoms with E-state index < -0.39 is 38.1 Å². The highest BCUT2D eigenvalue weighted by Crippen LogP contribution is 2.27. The highest BCUT2D eigenvalue weighted by Gasteiger charge is 2.40. The number of hydrogen-bond donors (Lipinski definition) is 3. The Morgan fingerprint density at radius 3 is 2.44 bits per heavy atom. The van der Waals surface area contributed by atoms with Crippen molar-refractivity contribution in [3.63, 3.8) is 0 Å². The predicted octanol–water partition coefficient (Wildman–Crippen LogP) is -1.43. The Morgan fingerprint density at radius 2 is 1.94 bits per heavy atom. The number of carboxylic acids is 1. The zero-order valence-electron chi connectivity index (χ0n) is 8.92. The molecule has 1 saturated heterocycles. The van der Waals surface area contributed by atoms with Crippen LogP contribution in [0.4, 0.5) is 0 Å². The molecule has 3 N–H and O–H groups in total. The molecule has 1 aromatic rings. The summed E-state index contributed by atoms with van der Waals surface area (Å²) >= 11 is 0.689. The van der Waals surface area contributed by atoms with Crippen molar-refractivity contribution < 1.29 is 28.5 Å². The van der Waals surface area contributed by atoms with Crippen LogP contribution in [-0.4, -0.2) is 64.3 Å². The Labute approximate surface area is 106 Å². The molecule has 0 saturated carbocycles. The highest BCUT2D eigenvalue weighted by atomic mass is 32.2. The summed E-state index contributed by atoms with van der Waals surface area (Å²) in [4.78, 5) is 14.3. The third-order valence-corrected chi connectivity index (χ3v) is 5.72. The van der Waals surface area contributed by atoms with Crippen LogP contribution in [-0.2, 0) is 10.0 Å². The van der Waals surface area contributed by atoms with Crippen molar-refractivity contribution in [2.75, 3.05) is 13.1 Å². The first-order valence-corrected chi connectivity index (χ1v) is 7.19. The van der Waals surface area contributed by atoms with Crippen LogP contribution in [0.15, 0.2) is 9.72 Å². The van der Waals surface area contributed by atoms with E-state index in [1.165, 1.54) is 0 Å². The van der Waals surface area contributed by atoms with Gasteiger partial charge in [-0.2, -0.15) is 4.31 Å². The van der Waals surface area contributed by atoms with Crippen LogP contribution >= 0.6 is 11.3 Å². The van der Waals surface area contributed by atoms with E-state index in [1.807, 2.05) is 0 Å². The maximum absolute atomic E-state index is 12.1. The number of aromatic nitrogens is 1. The number of nitrogens with zero attached hydrogens (tertiary/aromatic N) is 2. The van der Waals surface area contributed by atoms with Gasteiger partial charge in [-0.1, -0.05) is 0 Å². The lowest BCUT2D eigenvalue weighted by molar-refractivity contribution is 0.0572. The van der Waals surface area contributed by atoms with Gasteiger partial charge in [-0.25, -0.2) is 18.2 Å². The molecule has 1 aliphatic rings. The Bertz CT molecular complexity index is 558. The Kier molecular flexibility index (Phi) is 3.38. The van der Waals surface area contributed by atoms with Gasteiger partial charge in [0.15, 0.2) is 9.90 Å². The first-order chi connectivity index (χ1) is 8.34. The van der Waals surface area contributed by atoms with Gasteiger partial charge in [-0.3, -0.25) is 0 Å². The molecule has 18 heavy (non-hydrogen) atoms. The molecule has 0 amide bonds. The minimum atomic E-state index is -4.05. The summed E-state index contributed by atoms with van der Waals surface area (Å²) in [5.41, 5.74) is 0.579. The second-order valence-electron chi connectivity index (χ2n) is 3.75. The van der Waals surface area contributed by atoms with Gasteiger partial charge in [0.05, 0.1) is 17.7 Å². The summed E-state index contributed by atoms with van der Waals surface area (Å²) in [6.45, 7) is -0.527. The zero-order chi connectivity index (χ0) is 13.5. The minimum absolute atomic E-state index is 0.263. The average Bonchev–Trinajstić information content (AvgIpc) is 2.87. The van der Waals surface area contributed by atoms with E-state index in [0.717, 1.165) is 9.82 Å². The summed E-state index contributed by atoms with van der Waals surface area (Å²) < 4.78 is 24.7. The van der Waals surface area contributed by atoms with E-state index in [-0.39, 0.29) is 13.1 Å². The van der Waals surface area contributed by atoms with Gasteiger partial charge in [0, 0.05) is 13.1 Å². The van der Waals surface area contributed by atoms with Crippen molar-refractivity contribution in [2.24, 2.45) is 0 Å². The summed E-state index contributed by atoms with van der Waals surface area (Å²) in [6.07, 6.45) is -2.33. The average molecular weight is 294 g/mol. The van der Waals surface area contributed by atoms with E-state index in [0.29, 0.717) is 11.3 Å². The number of β-amino-alcohol motifs (C(OH)–C–C–N with tert-alkyl or cyclic N) is 2. The standard InChI is InChI=1S/C8H10N2O6S2/c11-4-1-10(2-5(4)12)18(15,16)8-6(7(13)14)9-3-17-8/h3-5,11-12H,1-2H2,(H,13,14)/t4-,5+. The van der Waals surface area contributed by atoms with Crippen LogP contribution in [0.5, 0.6) is 0 Å². The molecule has 0 radical (unpaired) electrons. The summed E-state index contributed by atoms with van der Waals surface area (Å²) in [5, 5.41) is 27.5. The summed E-state index contributed by atoms with van der Waals surface area (Å²) in [5.74, 6) is -1.44. The first kappa shape index (κ1) is 13.4. The molecule has 0 unspecified atom stereocenters. The number of sulfonamides is 1. The smallest absolute Gasteiger partial charge is 0.356 e. The van der Waals surface area contributed by atoms with Gasteiger partial charge in [0.1, 0.15) is 0 Å². The molecule has 2 rings (SSSR count). The normalized spacial score (nSPS) is 25.4. The van der Waals surface area contributed by atoms with E-state index in [4.69, 9.17) is 5.11 Å². The van der Waals surface area contributed by atoms with Crippen LogP contribution in [0, 0.1) is 0 Å². The lowest BCUT2D eigenvalue weighted by atomic mass is 10.3. The van der Waals surface area contributed by atoms with Crippen molar-refractivity contribution in [1.82, 2.24) is 9.29 Å². The first-order valence-electron chi connectivity index (χ1n) is 4.87. The lowest BCUT2D eigenvalue weighted by Crippen LogP contribution is -2.30. The molecule has 2 atom stereocenters. The fourth-order valence-corrected chi connectivity index (χ4v) is 4.36. The Hall–Kier alpha value is -1.07. The van der Waals surface area contributed by atoms with Crippen LogP contribution in [0.3, 0.4) is 0 Å². The molecule has 100 valence electrons. The van der Waals surface area contributed by atoms with Crippen LogP contribution in [0.2, 0.25) is 0 Å². The molecule has 0 aliphatic carbocycles. The fraction of sp³-hybridized carbons (Fsp3) is 0.500. The van der Waals surface area contributed by atoms with Gasteiger partial charge < -0.3 is 15.3 Å². The molecule has 1 aromatic heterocycles. The van der Waals surface area contributed by atoms with E-state index in [2.05, 4.69) is 4.98 Å². The molecule has 0 spiro atoms. The van der Waals surface area contributed by atoms with Crippen LogP contribution in [0.25, 0.3) is 0 Å². The third-order valence-electron chi connectivity index (χ3n) is 2.54. The van der Waals surface area contributed by atoms with Gasteiger partial charge in [-0.05, 0) is 0 Å². The van der Waals surface area contributed by atoms with Gasteiger partial charge in [0.25, 0.3) is 10.0 Å². The molecule has 10 heteroatoms. The number of carbonyl (C=O) groups is 1. The van der Waals surface area contributed by atoms with Crippen molar-refractivity contribution in [1.29, 1.82) is 0 Å². The van der Waals surface area contributed by atoms with Gasteiger partial charge in [-0.15, -0.1) is 11.3 Å². The molecule has 2 heterocycles. The van der Waals surface area contributed by atoms with E-state index in [9.17, 15) is 23.4 Å². The Balaban J connectivity index is 2.38. The van der Waals surface area contributed by atoms with Crippen LogP contribution in [0.1, 0.15) is 10.5 Å². The summed E-state index contributed by atoms with van der Waals surface area (Å²) in [7, 11) is -4.05. The monoisotopic (exact) mass is 294 g/mol. The third kappa shape index (κ3) is 2.12. The number of thiazole rings is 1. The molecular formula is C8H10N2O6S2. The van der Waals surface area contributed by atoms with E-state index in [1.54, 1.807) is 0 Å². The maximum atomic E-state index is 12.1. The van der Waals surface area contributed by atoms with E-state index >= 15 is 0 Å². The molecule has 0 aromatic carbocycles. The number of hydrogen-bond acceptors (Lipinski definition) is 7. The molecule has 8 nitrogen and oxygen atoms in total. The number of aliphatic hydroxyl groups excluding tert-OH is 2. The van der Waals surface area contributed by atoms with Crippen molar-refractivity contribution in [3.05, 3.63) is 11.2 Å². The molecular weight excluding hydrogens is 284 g/mol. The van der Waals surface area contributed by atoms with Gasteiger partial charge >= 0.3 is 5.97 Å². The van der Waals surface area contributed by atoms with Crippen molar-refractivity contribution >= 4 is 27.3 Å². The topological polar surface area (TPSA) is 128 Å².